The molecular formula is C7H13N3O3S. The molecule has 0 spiro atoms. The molecule has 0 atom stereocenters. The molecule has 0 unspecified atom stereocenters. The minimum Gasteiger partial charge on any atom is -0.395 e. The Hall–Kier alpha value is -0.920. The van der Waals surface area contributed by atoms with Crippen molar-refractivity contribution in [1.29, 1.82) is 0 Å². The van der Waals surface area contributed by atoms with Gasteiger partial charge in [-0.05, 0) is 6.92 Å². The van der Waals surface area contributed by atoms with Crippen LogP contribution in [-0.2, 0) is 16.6 Å². The van der Waals surface area contributed by atoms with Crippen LogP contribution in [0.5, 0.6) is 0 Å². The Morgan fingerprint density at radius 1 is 1.64 bits per heavy atom. The number of nitrogens with one attached hydrogen (secondary N) is 1. The van der Waals surface area contributed by atoms with Crippen LogP contribution in [0.25, 0.3) is 0 Å². The van der Waals surface area contributed by atoms with E-state index in [0.29, 0.717) is 6.54 Å². The second-order valence-corrected chi connectivity index (χ2v) is 4.38. The van der Waals surface area contributed by atoms with E-state index in [0.717, 1.165) is 0 Å². The van der Waals surface area contributed by atoms with Crippen LogP contribution >= 0.6 is 0 Å². The van der Waals surface area contributed by atoms with Gasteiger partial charge in [-0.2, -0.15) is 0 Å². The normalized spacial score (nSPS) is 11.9. The molecule has 2 N–H and O–H groups in total. The molecular weight excluding hydrogens is 206 g/mol. The minimum absolute atomic E-state index is 0.00131. The van der Waals surface area contributed by atoms with Gasteiger partial charge in [0.2, 0.25) is 0 Å². The van der Waals surface area contributed by atoms with E-state index >= 15 is 0 Å². The summed E-state index contributed by atoms with van der Waals surface area (Å²) in [5.74, 6) is 0. The Labute approximate surface area is 82.6 Å². The number of hydrogen-bond acceptors (Lipinski definition) is 4. The number of aliphatic hydroxyl groups excluding tert-OH is 1. The largest absolute Gasteiger partial charge is 0.395 e. The zero-order valence-electron chi connectivity index (χ0n) is 7.84. The zero-order valence-corrected chi connectivity index (χ0v) is 8.66. The van der Waals surface area contributed by atoms with Crippen molar-refractivity contribution >= 4 is 10.0 Å². The van der Waals surface area contributed by atoms with Gasteiger partial charge in [0.05, 0.1) is 12.9 Å². The van der Waals surface area contributed by atoms with Gasteiger partial charge in [0.15, 0.2) is 5.03 Å². The summed E-state index contributed by atoms with van der Waals surface area (Å²) in [5, 5.41) is 8.45. The lowest BCUT2D eigenvalue weighted by Gasteiger charge is -2.00. The van der Waals surface area contributed by atoms with E-state index in [2.05, 4.69) is 9.71 Å². The smallest absolute Gasteiger partial charge is 0.259 e. The van der Waals surface area contributed by atoms with E-state index in [4.69, 9.17) is 5.11 Å². The van der Waals surface area contributed by atoms with Crippen LogP contribution in [0, 0.1) is 0 Å². The number of sulfonamides is 1. The maximum absolute atomic E-state index is 11.4. The summed E-state index contributed by atoms with van der Waals surface area (Å²) >= 11 is 0. The monoisotopic (exact) mass is 219 g/mol. The van der Waals surface area contributed by atoms with Gasteiger partial charge in [-0.1, -0.05) is 0 Å². The van der Waals surface area contributed by atoms with Crippen molar-refractivity contribution in [3.8, 4) is 0 Å². The molecule has 0 bridgehead atoms. The third-order valence-corrected chi connectivity index (χ3v) is 3.00. The first kappa shape index (κ1) is 11.2. The number of rotatable bonds is 5. The minimum atomic E-state index is -3.55. The Morgan fingerprint density at radius 3 is 2.86 bits per heavy atom. The first-order valence-electron chi connectivity index (χ1n) is 4.22. The lowest BCUT2D eigenvalue weighted by atomic mass is 10.7. The van der Waals surface area contributed by atoms with Gasteiger partial charge >= 0.3 is 0 Å². The van der Waals surface area contributed by atoms with Crippen molar-refractivity contribution in [2.75, 3.05) is 13.2 Å². The molecule has 0 aliphatic heterocycles. The number of imidazole rings is 1. The first-order chi connectivity index (χ1) is 6.60. The van der Waals surface area contributed by atoms with Gasteiger partial charge in [-0.15, -0.1) is 0 Å². The van der Waals surface area contributed by atoms with Gasteiger partial charge in [-0.25, -0.2) is 18.1 Å². The van der Waals surface area contributed by atoms with Gasteiger partial charge in [0.25, 0.3) is 10.0 Å². The van der Waals surface area contributed by atoms with Crippen LogP contribution < -0.4 is 4.72 Å². The van der Waals surface area contributed by atoms with Crippen LogP contribution in [0.15, 0.2) is 17.6 Å². The van der Waals surface area contributed by atoms with E-state index in [1.54, 1.807) is 4.57 Å². The van der Waals surface area contributed by atoms with Crippen molar-refractivity contribution in [2.45, 2.75) is 18.5 Å². The molecule has 0 fully saturated rings. The fourth-order valence-corrected chi connectivity index (χ4v) is 1.87. The number of nitrogens with zero attached hydrogens (tertiary/aromatic N) is 2. The molecule has 1 aromatic rings. The molecule has 0 saturated carbocycles. The number of hydrogen-bond donors (Lipinski definition) is 2. The maximum atomic E-state index is 11.4. The summed E-state index contributed by atoms with van der Waals surface area (Å²) in [5.41, 5.74) is 0. The highest BCUT2D eigenvalue weighted by Crippen LogP contribution is 2.04. The fraction of sp³-hybridized carbons (Fsp3) is 0.571. The summed E-state index contributed by atoms with van der Waals surface area (Å²) in [6, 6.07) is 0. The van der Waals surface area contributed by atoms with Crippen LogP contribution in [0.2, 0.25) is 0 Å². The molecule has 0 aliphatic carbocycles. The topological polar surface area (TPSA) is 84.2 Å². The van der Waals surface area contributed by atoms with Gasteiger partial charge in [0, 0.05) is 19.3 Å². The van der Waals surface area contributed by atoms with Crippen LogP contribution in [0.3, 0.4) is 0 Å². The second kappa shape index (κ2) is 4.54. The predicted octanol–water partition coefficient (Wildman–Crippen LogP) is -0.826. The lowest BCUT2D eigenvalue weighted by Crippen LogP contribution is -2.26. The molecule has 6 nitrogen and oxygen atoms in total. The molecule has 0 amide bonds. The molecule has 1 heterocycles. The van der Waals surface area contributed by atoms with Crippen molar-refractivity contribution in [1.82, 2.24) is 14.3 Å². The van der Waals surface area contributed by atoms with E-state index in [9.17, 15) is 8.42 Å². The molecule has 80 valence electrons. The van der Waals surface area contributed by atoms with Gasteiger partial charge < -0.3 is 9.67 Å². The van der Waals surface area contributed by atoms with Crippen LogP contribution in [0.1, 0.15) is 6.92 Å². The Bertz CT molecular complexity index is 385. The summed E-state index contributed by atoms with van der Waals surface area (Å²) in [7, 11) is -3.55. The number of aromatic nitrogens is 2. The third kappa shape index (κ3) is 2.53. The molecule has 0 aliphatic rings. The van der Waals surface area contributed by atoms with Crippen molar-refractivity contribution in [3.05, 3.63) is 12.5 Å². The van der Waals surface area contributed by atoms with Gasteiger partial charge in [0.1, 0.15) is 0 Å². The average molecular weight is 219 g/mol. The van der Waals surface area contributed by atoms with Crippen molar-refractivity contribution in [2.24, 2.45) is 0 Å². The van der Waals surface area contributed by atoms with Gasteiger partial charge in [-0.3, -0.25) is 0 Å². The molecule has 0 aromatic carbocycles. The molecule has 7 heteroatoms. The summed E-state index contributed by atoms with van der Waals surface area (Å²) in [6.45, 7) is 2.33. The summed E-state index contributed by atoms with van der Waals surface area (Å²) in [6.07, 6.45) is 2.90. The predicted molar refractivity (Wildman–Crippen MR) is 50.2 cm³/mol. The highest BCUT2D eigenvalue weighted by Gasteiger charge is 2.15. The lowest BCUT2D eigenvalue weighted by molar-refractivity contribution is 0.301. The van der Waals surface area contributed by atoms with Crippen LogP contribution in [0.4, 0.5) is 0 Å². The first-order valence-corrected chi connectivity index (χ1v) is 5.70. The average Bonchev–Trinajstić information content (AvgIpc) is 2.63. The molecule has 0 radical (unpaired) electrons. The van der Waals surface area contributed by atoms with E-state index < -0.39 is 10.0 Å². The van der Waals surface area contributed by atoms with Crippen molar-refractivity contribution < 1.29 is 13.5 Å². The van der Waals surface area contributed by atoms with E-state index in [-0.39, 0.29) is 18.2 Å². The Balaban J connectivity index is 2.81. The summed E-state index contributed by atoms with van der Waals surface area (Å²) < 4.78 is 26.7. The van der Waals surface area contributed by atoms with Crippen molar-refractivity contribution in [3.63, 3.8) is 0 Å². The molecule has 14 heavy (non-hydrogen) atoms. The van der Waals surface area contributed by atoms with Crippen LogP contribution in [-0.4, -0.2) is 36.2 Å². The Morgan fingerprint density at radius 2 is 2.36 bits per heavy atom. The highest BCUT2D eigenvalue weighted by molar-refractivity contribution is 7.89. The standard InChI is InChI=1S/C7H13N3O3S/c1-2-10-5-7(8-6-10)14(12,13)9-3-4-11/h5-6,9,11H,2-4H2,1H3. The molecule has 0 saturated heterocycles. The van der Waals surface area contributed by atoms with E-state index in [1.165, 1.54) is 12.5 Å². The SMILES string of the molecule is CCn1cnc(S(=O)(=O)NCCO)c1. The van der Waals surface area contributed by atoms with E-state index in [1.807, 2.05) is 6.92 Å². The third-order valence-electron chi connectivity index (χ3n) is 1.65. The molecule has 1 rings (SSSR count). The summed E-state index contributed by atoms with van der Waals surface area (Å²) in [4.78, 5) is 3.74. The number of aliphatic hydroxyl groups is 1. The Kier molecular flexibility index (Phi) is 3.62. The fourth-order valence-electron chi connectivity index (χ4n) is 0.905. The maximum Gasteiger partial charge on any atom is 0.259 e. The highest BCUT2D eigenvalue weighted by atomic mass is 32.2. The quantitative estimate of drug-likeness (QED) is 0.677. The zero-order chi connectivity index (χ0) is 10.6. The number of aryl methyl sites for hydroxylation is 1. The second-order valence-electron chi connectivity index (χ2n) is 2.66. The molecule has 1 aromatic heterocycles.